The van der Waals surface area contributed by atoms with E-state index in [0.717, 1.165) is 41.6 Å². The van der Waals surface area contributed by atoms with Gasteiger partial charge in [0, 0.05) is 18.5 Å². The molecule has 0 radical (unpaired) electrons. The predicted molar refractivity (Wildman–Crippen MR) is 167 cm³/mol. The number of nitrogens with one attached hydrogen (secondary N) is 1. The fourth-order valence-corrected chi connectivity index (χ4v) is 5.50. The van der Waals surface area contributed by atoms with Crippen molar-refractivity contribution in [3.05, 3.63) is 111 Å². The summed E-state index contributed by atoms with van der Waals surface area (Å²) in [4.78, 5) is 20.1. The maximum absolute atomic E-state index is 13.0. The van der Waals surface area contributed by atoms with E-state index in [2.05, 4.69) is 61.3 Å². The molecule has 41 heavy (non-hydrogen) atoms. The lowest BCUT2D eigenvalue weighted by Gasteiger charge is -2.23. The molecule has 0 aliphatic heterocycles. The number of methoxy groups -OCH3 is 2. The zero-order valence-electron chi connectivity index (χ0n) is 24.9. The van der Waals surface area contributed by atoms with Crippen LogP contribution in [0.4, 0.5) is 0 Å². The molecule has 0 saturated carbocycles. The highest BCUT2D eigenvalue weighted by molar-refractivity contribution is 7.09. The molecular formula is C34H41N3O3S. The average Bonchev–Trinajstić information content (AvgIpc) is 3.44. The Hall–Kier alpha value is -3.68. The highest BCUT2D eigenvalue weighted by atomic mass is 32.1. The Labute approximate surface area is 248 Å². The fourth-order valence-electron chi connectivity index (χ4n) is 4.68. The highest BCUT2D eigenvalue weighted by Gasteiger charge is 2.18. The van der Waals surface area contributed by atoms with E-state index in [1.165, 1.54) is 28.0 Å². The predicted octanol–water partition coefficient (Wildman–Crippen LogP) is 7.19. The molecule has 1 aromatic heterocycles. The zero-order chi connectivity index (χ0) is 29.4. The van der Waals surface area contributed by atoms with E-state index in [0.29, 0.717) is 12.2 Å². The van der Waals surface area contributed by atoms with Crippen LogP contribution in [0.25, 0.3) is 0 Å². The first kappa shape index (κ1) is 30.3. The summed E-state index contributed by atoms with van der Waals surface area (Å²) in [5.74, 6) is 1.30. The summed E-state index contributed by atoms with van der Waals surface area (Å²) in [5, 5.41) is 5.84. The molecule has 1 unspecified atom stereocenters. The number of nitrogens with zero attached hydrogens (tertiary/aromatic N) is 2. The largest absolute Gasteiger partial charge is 0.493 e. The van der Waals surface area contributed by atoms with Gasteiger partial charge in [-0.1, -0.05) is 81.4 Å². The van der Waals surface area contributed by atoms with Crippen molar-refractivity contribution in [3.8, 4) is 11.5 Å². The lowest BCUT2D eigenvalue weighted by Crippen LogP contribution is -2.27. The maximum Gasteiger partial charge on any atom is 0.271 e. The molecule has 4 rings (SSSR count). The zero-order valence-corrected chi connectivity index (χ0v) is 25.8. The van der Waals surface area contributed by atoms with Crippen molar-refractivity contribution in [2.75, 3.05) is 20.8 Å². The van der Waals surface area contributed by atoms with Crippen LogP contribution in [0.15, 0.2) is 78.2 Å². The number of ether oxygens (including phenoxy) is 2. The van der Waals surface area contributed by atoms with Gasteiger partial charge in [0.25, 0.3) is 5.91 Å². The molecule has 216 valence electrons. The smallest absolute Gasteiger partial charge is 0.271 e. The van der Waals surface area contributed by atoms with Gasteiger partial charge in [0.1, 0.15) is 10.7 Å². The molecule has 7 heteroatoms. The average molecular weight is 572 g/mol. The molecule has 0 aliphatic carbocycles. The van der Waals surface area contributed by atoms with Crippen LogP contribution in [-0.4, -0.2) is 36.6 Å². The van der Waals surface area contributed by atoms with Gasteiger partial charge in [0.15, 0.2) is 11.5 Å². The van der Waals surface area contributed by atoms with Gasteiger partial charge in [-0.2, -0.15) is 0 Å². The van der Waals surface area contributed by atoms with Gasteiger partial charge < -0.3 is 14.8 Å². The summed E-state index contributed by atoms with van der Waals surface area (Å²) < 4.78 is 10.9. The Morgan fingerprint density at radius 1 is 0.927 bits per heavy atom. The van der Waals surface area contributed by atoms with Crippen LogP contribution in [0.1, 0.15) is 71.5 Å². The molecular weight excluding hydrogens is 530 g/mol. The third kappa shape index (κ3) is 8.41. The molecule has 6 nitrogen and oxygen atoms in total. The number of benzene rings is 3. The van der Waals surface area contributed by atoms with Crippen LogP contribution in [-0.2, 0) is 24.9 Å². The molecule has 1 atom stereocenters. The lowest BCUT2D eigenvalue weighted by atomic mass is 9.87. The number of hydrogen-bond donors (Lipinski definition) is 1. The van der Waals surface area contributed by atoms with Crippen molar-refractivity contribution in [2.24, 2.45) is 0 Å². The fraction of sp³-hybridized carbons (Fsp3) is 0.353. The number of hydrogen-bond acceptors (Lipinski definition) is 6. The number of thiazole rings is 1. The van der Waals surface area contributed by atoms with Crippen molar-refractivity contribution in [2.45, 2.75) is 58.7 Å². The van der Waals surface area contributed by atoms with E-state index in [1.807, 2.05) is 54.8 Å². The van der Waals surface area contributed by atoms with Crippen molar-refractivity contribution in [3.63, 3.8) is 0 Å². The normalized spacial score (nSPS) is 12.3. The Bertz CT molecular complexity index is 1410. The second-order valence-corrected chi connectivity index (χ2v) is 12.3. The van der Waals surface area contributed by atoms with Crippen LogP contribution in [0.5, 0.6) is 11.5 Å². The summed E-state index contributed by atoms with van der Waals surface area (Å²) >= 11 is 1.53. The monoisotopic (exact) mass is 571 g/mol. The van der Waals surface area contributed by atoms with Gasteiger partial charge in [0.2, 0.25) is 0 Å². The summed E-state index contributed by atoms with van der Waals surface area (Å²) in [6.45, 7) is 10.9. The second kappa shape index (κ2) is 13.8. The minimum atomic E-state index is -0.154. The molecule has 0 aliphatic rings. The van der Waals surface area contributed by atoms with Gasteiger partial charge in [-0.05, 0) is 53.1 Å². The quantitative estimate of drug-likeness (QED) is 0.195. The highest BCUT2D eigenvalue weighted by Crippen LogP contribution is 2.28. The van der Waals surface area contributed by atoms with Crippen molar-refractivity contribution >= 4 is 17.2 Å². The van der Waals surface area contributed by atoms with Crippen LogP contribution >= 0.6 is 11.3 Å². The lowest BCUT2D eigenvalue weighted by molar-refractivity contribution is 0.0935. The van der Waals surface area contributed by atoms with E-state index in [4.69, 9.17) is 14.5 Å². The minimum absolute atomic E-state index is 0.0945. The topological polar surface area (TPSA) is 63.7 Å². The molecule has 0 spiro atoms. The van der Waals surface area contributed by atoms with E-state index >= 15 is 0 Å². The SMILES string of the molecule is COc1ccc(CCN(Cc2ccc(C(C)(C)C)cc2)Cc2nc(C(=O)NC(C)c3ccccc3)cs2)cc1OC. The van der Waals surface area contributed by atoms with Crippen LogP contribution in [0.3, 0.4) is 0 Å². The third-order valence-corrected chi connectivity index (χ3v) is 8.01. The Morgan fingerprint density at radius 3 is 2.27 bits per heavy atom. The van der Waals surface area contributed by atoms with Gasteiger partial charge in [-0.15, -0.1) is 11.3 Å². The summed E-state index contributed by atoms with van der Waals surface area (Å²) in [7, 11) is 3.31. The molecule has 4 aromatic rings. The summed E-state index contributed by atoms with van der Waals surface area (Å²) in [6.07, 6.45) is 0.841. The number of carbonyl (C=O) groups is 1. The number of amides is 1. The van der Waals surface area contributed by atoms with Crippen molar-refractivity contribution < 1.29 is 14.3 Å². The van der Waals surface area contributed by atoms with Gasteiger partial charge in [0.05, 0.1) is 26.8 Å². The van der Waals surface area contributed by atoms with E-state index in [1.54, 1.807) is 14.2 Å². The first-order chi connectivity index (χ1) is 19.7. The van der Waals surface area contributed by atoms with Crippen LogP contribution in [0.2, 0.25) is 0 Å². The molecule has 0 saturated heterocycles. The number of carbonyl (C=O) groups excluding carboxylic acids is 1. The number of rotatable bonds is 12. The molecule has 1 heterocycles. The van der Waals surface area contributed by atoms with Crippen molar-refractivity contribution in [1.82, 2.24) is 15.2 Å². The van der Waals surface area contributed by atoms with Gasteiger partial charge in [-0.25, -0.2) is 4.98 Å². The number of aromatic nitrogens is 1. The van der Waals surface area contributed by atoms with Crippen LogP contribution in [0, 0.1) is 0 Å². The molecule has 1 amide bonds. The molecule has 0 fully saturated rings. The maximum atomic E-state index is 13.0. The second-order valence-electron chi connectivity index (χ2n) is 11.3. The van der Waals surface area contributed by atoms with Crippen molar-refractivity contribution in [1.29, 1.82) is 0 Å². The van der Waals surface area contributed by atoms with Gasteiger partial charge in [-0.3, -0.25) is 9.69 Å². The molecule has 3 aromatic carbocycles. The standard InChI is InChI=1S/C34H41N3O3S/c1-24(27-10-8-7-9-11-27)35-33(38)29-23-41-32(36-29)22-37(21-26-12-15-28(16-13-26)34(2,3)4)19-18-25-14-17-30(39-5)31(20-25)40-6/h7-17,20,23-24H,18-19,21-22H2,1-6H3,(H,35,38). The Balaban J connectivity index is 1.47. The first-order valence-corrected chi connectivity index (χ1v) is 14.9. The van der Waals surface area contributed by atoms with Crippen LogP contribution < -0.4 is 14.8 Å². The Morgan fingerprint density at radius 2 is 1.61 bits per heavy atom. The first-order valence-electron chi connectivity index (χ1n) is 14.0. The Kier molecular flexibility index (Phi) is 10.2. The summed E-state index contributed by atoms with van der Waals surface area (Å²) in [6, 6.07) is 24.8. The van der Waals surface area contributed by atoms with E-state index in [9.17, 15) is 4.79 Å². The van der Waals surface area contributed by atoms with E-state index < -0.39 is 0 Å². The molecule has 1 N–H and O–H groups in total. The third-order valence-electron chi connectivity index (χ3n) is 7.18. The van der Waals surface area contributed by atoms with Gasteiger partial charge >= 0.3 is 0 Å². The summed E-state index contributed by atoms with van der Waals surface area (Å²) in [5.41, 5.74) is 5.37. The van der Waals surface area contributed by atoms with E-state index in [-0.39, 0.29) is 17.4 Å². The minimum Gasteiger partial charge on any atom is -0.493 e. The molecule has 0 bridgehead atoms.